The minimum absolute atomic E-state index is 0.0577. The highest BCUT2D eigenvalue weighted by Crippen LogP contribution is 2.51. The van der Waals surface area contributed by atoms with Crippen LogP contribution in [0.1, 0.15) is 64.7 Å². The molecule has 0 spiro atoms. The van der Waals surface area contributed by atoms with Gasteiger partial charge >= 0.3 is 5.97 Å². The second-order valence-corrected chi connectivity index (χ2v) is 7.40. The topological polar surface area (TPSA) is 65.0 Å². The van der Waals surface area contributed by atoms with Crippen LogP contribution in [0.5, 0.6) is 0 Å². The lowest BCUT2D eigenvalue weighted by molar-refractivity contribution is -0.142. The van der Waals surface area contributed by atoms with Crippen LogP contribution in [0.15, 0.2) is 12.2 Å². The van der Waals surface area contributed by atoms with Gasteiger partial charge in [0, 0.05) is 5.41 Å². The lowest BCUT2D eigenvalue weighted by Gasteiger charge is -2.23. The van der Waals surface area contributed by atoms with E-state index in [1.165, 1.54) is 26.4 Å². The SMILES string of the molecule is CCCCCC(O)/C=C/[C@@]12CCC[C@@H]1O[C@H](COCCC(=O)OC)C2. The van der Waals surface area contributed by atoms with Crippen molar-refractivity contribution >= 4 is 5.97 Å². The van der Waals surface area contributed by atoms with E-state index in [2.05, 4.69) is 17.7 Å². The summed E-state index contributed by atoms with van der Waals surface area (Å²) in [5.41, 5.74) is 0.0577. The number of hydrogen-bond donors (Lipinski definition) is 1. The summed E-state index contributed by atoms with van der Waals surface area (Å²) in [6.45, 7) is 3.06. The molecule has 1 heterocycles. The van der Waals surface area contributed by atoms with Crippen molar-refractivity contribution < 1.29 is 24.1 Å². The fraction of sp³-hybridized carbons (Fsp3) is 0.850. The molecule has 0 amide bonds. The summed E-state index contributed by atoms with van der Waals surface area (Å²) in [6, 6.07) is 0. The molecule has 2 fully saturated rings. The number of methoxy groups -OCH3 is 1. The normalized spacial score (nSPS) is 29.9. The van der Waals surface area contributed by atoms with Gasteiger partial charge < -0.3 is 19.3 Å². The first-order chi connectivity index (χ1) is 12.1. The molecule has 2 aliphatic rings. The highest BCUT2D eigenvalue weighted by Gasteiger charge is 2.49. The average molecular weight is 354 g/mol. The molecule has 0 aromatic carbocycles. The summed E-state index contributed by atoms with van der Waals surface area (Å²) in [5, 5.41) is 10.2. The molecular formula is C20H34O5. The number of carbonyl (C=O) groups excluding carboxylic acids is 1. The Bertz CT molecular complexity index is 436. The first kappa shape index (κ1) is 20.4. The molecule has 5 heteroatoms. The summed E-state index contributed by atoms with van der Waals surface area (Å²) in [4.78, 5) is 11.1. The van der Waals surface area contributed by atoms with Gasteiger partial charge in [-0.2, -0.15) is 0 Å². The van der Waals surface area contributed by atoms with E-state index >= 15 is 0 Å². The van der Waals surface area contributed by atoms with Crippen molar-refractivity contribution in [3.63, 3.8) is 0 Å². The van der Waals surface area contributed by atoms with E-state index in [1.54, 1.807) is 0 Å². The second kappa shape index (κ2) is 10.3. The molecule has 1 saturated heterocycles. The van der Waals surface area contributed by atoms with Crippen molar-refractivity contribution in [2.75, 3.05) is 20.3 Å². The molecule has 1 N–H and O–H groups in total. The fourth-order valence-electron chi connectivity index (χ4n) is 4.04. The molecule has 144 valence electrons. The molecule has 5 nitrogen and oxygen atoms in total. The van der Waals surface area contributed by atoms with Gasteiger partial charge in [0.1, 0.15) is 0 Å². The van der Waals surface area contributed by atoms with Gasteiger partial charge in [0.05, 0.1) is 45.1 Å². The second-order valence-electron chi connectivity index (χ2n) is 7.40. The van der Waals surface area contributed by atoms with Gasteiger partial charge in [-0.25, -0.2) is 0 Å². The molecule has 0 radical (unpaired) electrons. The number of aliphatic hydroxyl groups is 1. The van der Waals surface area contributed by atoms with Gasteiger partial charge in [-0.15, -0.1) is 0 Å². The van der Waals surface area contributed by atoms with Crippen molar-refractivity contribution in [3.05, 3.63) is 12.2 Å². The molecule has 1 aliphatic heterocycles. The average Bonchev–Trinajstić information content (AvgIpc) is 3.14. The maximum Gasteiger partial charge on any atom is 0.307 e. The smallest absolute Gasteiger partial charge is 0.307 e. The number of esters is 1. The molecule has 0 bridgehead atoms. The first-order valence-corrected chi connectivity index (χ1v) is 9.77. The number of rotatable bonds is 11. The van der Waals surface area contributed by atoms with E-state index in [4.69, 9.17) is 9.47 Å². The van der Waals surface area contributed by atoms with Crippen molar-refractivity contribution in [1.29, 1.82) is 0 Å². The van der Waals surface area contributed by atoms with Crippen molar-refractivity contribution in [1.82, 2.24) is 0 Å². The van der Waals surface area contributed by atoms with Gasteiger partial charge in [0.15, 0.2) is 0 Å². The Kier molecular flexibility index (Phi) is 8.40. The van der Waals surface area contributed by atoms with Gasteiger partial charge in [0.2, 0.25) is 0 Å². The van der Waals surface area contributed by atoms with Crippen LogP contribution < -0.4 is 0 Å². The molecule has 25 heavy (non-hydrogen) atoms. The van der Waals surface area contributed by atoms with E-state index in [0.29, 0.717) is 13.2 Å². The Morgan fingerprint density at radius 1 is 1.44 bits per heavy atom. The van der Waals surface area contributed by atoms with Gasteiger partial charge in [-0.3, -0.25) is 4.79 Å². The lowest BCUT2D eigenvalue weighted by Crippen LogP contribution is -2.23. The summed E-state index contributed by atoms with van der Waals surface area (Å²) >= 11 is 0. The standard InChI is InChI=1S/C20H34O5/c1-3-4-5-7-16(21)9-12-20-11-6-8-18(20)25-17(14-20)15-24-13-10-19(22)23-2/h9,12,16-18,21H,3-8,10-11,13-15H2,1-2H3/b12-9+/t16?,17-,18-,20+/m0/s1. The zero-order valence-electron chi connectivity index (χ0n) is 15.7. The predicted molar refractivity (Wildman–Crippen MR) is 96.3 cm³/mol. The number of unbranched alkanes of at least 4 members (excludes halogenated alkanes) is 2. The zero-order valence-corrected chi connectivity index (χ0v) is 15.7. The molecule has 2 rings (SSSR count). The number of hydrogen-bond acceptors (Lipinski definition) is 5. The number of aliphatic hydroxyl groups excluding tert-OH is 1. The monoisotopic (exact) mass is 354 g/mol. The Morgan fingerprint density at radius 3 is 3.04 bits per heavy atom. The van der Waals surface area contributed by atoms with Crippen molar-refractivity contribution in [2.45, 2.75) is 83.0 Å². The molecule has 1 unspecified atom stereocenters. The Morgan fingerprint density at radius 2 is 2.28 bits per heavy atom. The lowest BCUT2D eigenvalue weighted by atomic mass is 9.80. The predicted octanol–water partition coefficient (Wildman–Crippen LogP) is 3.39. The highest BCUT2D eigenvalue weighted by molar-refractivity contribution is 5.69. The van der Waals surface area contributed by atoms with E-state index in [9.17, 15) is 9.90 Å². The minimum atomic E-state index is -0.350. The molecule has 0 aromatic rings. The molecule has 1 aliphatic carbocycles. The van der Waals surface area contributed by atoms with E-state index in [0.717, 1.165) is 32.1 Å². The molecular weight excluding hydrogens is 320 g/mol. The quantitative estimate of drug-likeness (QED) is 0.350. The number of ether oxygens (including phenoxy) is 3. The molecule has 4 atom stereocenters. The van der Waals surface area contributed by atoms with Crippen molar-refractivity contribution in [2.24, 2.45) is 5.41 Å². The molecule has 1 saturated carbocycles. The maximum atomic E-state index is 11.1. The zero-order chi connectivity index (χ0) is 18.1. The van der Waals surface area contributed by atoms with Crippen LogP contribution in [0.25, 0.3) is 0 Å². The van der Waals surface area contributed by atoms with E-state index in [-0.39, 0.29) is 36.1 Å². The Labute approximate surface area is 151 Å². The summed E-state index contributed by atoms with van der Waals surface area (Å²) in [7, 11) is 1.39. The number of fused-ring (bicyclic) bond motifs is 1. The van der Waals surface area contributed by atoms with E-state index in [1.807, 2.05) is 6.08 Å². The highest BCUT2D eigenvalue weighted by atomic mass is 16.5. The van der Waals surface area contributed by atoms with Crippen LogP contribution >= 0.6 is 0 Å². The third-order valence-electron chi connectivity index (χ3n) is 5.45. The Hall–Kier alpha value is -0.910. The Balaban J connectivity index is 1.78. The van der Waals surface area contributed by atoms with Gasteiger partial charge in [-0.05, 0) is 32.1 Å². The largest absolute Gasteiger partial charge is 0.469 e. The van der Waals surface area contributed by atoms with E-state index < -0.39 is 0 Å². The van der Waals surface area contributed by atoms with Crippen LogP contribution in [0.3, 0.4) is 0 Å². The van der Waals surface area contributed by atoms with Gasteiger partial charge in [0.25, 0.3) is 0 Å². The number of carbonyl (C=O) groups is 1. The summed E-state index contributed by atoms with van der Waals surface area (Å²) in [5.74, 6) is -0.249. The van der Waals surface area contributed by atoms with Crippen LogP contribution in [-0.4, -0.2) is 49.7 Å². The fourth-order valence-corrected chi connectivity index (χ4v) is 4.04. The van der Waals surface area contributed by atoms with Crippen LogP contribution in [0.4, 0.5) is 0 Å². The third kappa shape index (κ3) is 6.08. The first-order valence-electron chi connectivity index (χ1n) is 9.77. The summed E-state index contributed by atoms with van der Waals surface area (Å²) < 4.78 is 16.4. The summed E-state index contributed by atoms with van der Waals surface area (Å²) in [6.07, 6.45) is 13.0. The van der Waals surface area contributed by atoms with Crippen molar-refractivity contribution in [3.8, 4) is 0 Å². The molecule has 0 aromatic heterocycles. The van der Waals surface area contributed by atoms with Crippen LogP contribution in [0, 0.1) is 5.41 Å². The maximum absolute atomic E-state index is 11.1. The minimum Gasteiger partial charge on any atom is -0.469 e. The van der Waals surface area contributed by atoms with Crippen LogP contribution in [-0.2, 0) is 19.0 Å². The third-order valence-corrected chi connectivity index (χ3v) is 5.45. The van der Waals surface area contributed by atoms with Crippen LogP contribution in [0.2, 0.25) is 0 Å². The van der Waals surface area contributed by atoms with Gasteiger partial charge in [-0.1, -0.05) is 38.3 Å².